The molecule has 2 aliphatic rings. The zero-order valence-electron chi connectivity index (χ0n) is 16.5. The molecule has 0 radical (unpaired) electrons. The van der Waals surface area contributed by atoms with Crippen molar-refractivity contribution < 1.29 is 22.7 Å². The SMILES string of the molecule is CNC(=O)c1cc(S(=O)(=O)N2C[C@@H]3C(C)(C)C[C@]3(COC)C2)ccc1OC. The topological polar surface area (TPSA) is 84.9 Å². The average molecular weight is 397 g/mol. The number of methoxy groups -OCH3 is 2. The van der Waals surface area contributed by atoms with Crippen LogP contribution in [0.2, 0.25) is 0 Å². The van der Waals surface area contributed by atoms with Crippen molar-refractivity contribution in [2.45, 2.75) is 25.2 Å². The number of nitrogens with one attached hydrogen (secondary N) is 1. The highest BCUT2D eigenvalue weighted by Gasteiger charge is 2.64. The van der Waals surface area contributed by atoms with Crippen molar-refractivity contribution in [3.8, 4) is 5.75 Å². The van der Waals surface area contributed by atoms with Crippen LogP contribution in [-0.2, 0) is 14.8 Å². The molecule has 1 aliphatic carbocycles. The van der Waals surface area contributed by atoms with Crippen molar-refractivity contribution in [2.24, 2.45) is 16.7 Å². The van der Waals surface area contributed by atoms with Gasteiger partial charge in [-0.3, -0.25) is 4.79 Å². The van der Waals surface area contributed by atoms with E-state index in [1.54, 1.807) is 11.4 Å². The molecule has 8 heteroatoms. The summed E-state index contributed by atoms with van der Waals surface area (Å²) in [4.78, 5) is 12.2. The van der Waals surface area contributed by atoms with Gasteiger partial charge >= 0.3 is 0 Å². The lowest BCUT2D eigenvalue weighted by Crippen LogP contribution is -2.55. The summed E-state index contributed by atoms with van der Waals surface area (Å²) in [6.45, 7) is 5.83. The van der Waals surface area contributed by atoms with Gasteiger partial charge in [-0.25, -0.2) is 8.42 Å². The maximum atomic E-state index is 13.3. The largest absolute Gasteiger partial charge is 0.496 e. The second-order valence-electron chi connectivity index (χ2n) is 8.25. The molecule has 0 bridgehead atoms. The Morgan fingerprint density at radius 1 is 1.33 bits per heavy atom. The van der Waals surface area contributed by atoms with E-state index >= 15 is 0 Å². The van der Waals surface area contributed by atoms with Crippen LogP contribution in [-0.4, -0.2) is 59.6 Å². The summed E-state index contributed by atoms with van der Waals surface area (Å²) in [5.74, 6) is 0.213. The van der Waals surface area contributed by atoms with Gasteiger partial charge in [0, 0.05) is 32.7 Å². The minimum absolute atomic E-state index is 0.0932. The zero-order valence-corrected chi connectivity index (χ0v) is 17.4. The van der Waals surface area contributed by atoms with Gasteiger partial charge in [-0.1, -0.05) is 13.8 Å². The highest BCUT2D eigenvalue weighted by atomic mass is 32.2. The number of benzene rings is 1. The molecule has 0 unspecified atom stereocenters. The molecule has 27 heavy (non-hydrogen) atoms. The Balaban J connectivity index is 1.95. The Morgan fingerprint density at radius 2 is 2.04 bits per heavy atom. The maximum absolute atomic E-state index is 13.3. The zero-order chi connectivity index (χ0) is 20.0. The summed E-state index contributed by atoms with van der Waals surface area (Å²) < 4.78 is 38.7. The van der Waals surface area contributed by atoms with Crippen LogP contribution < -0.4 is 10.1 Å². The van der Waals surface area contributed by atoms with Crippen LogP contribution in [0.3, 0.4) is 0 Å². The van der Waals surface area contributed by atoms with E-state index in [1.165, 1.54) is 32.4 Å². The molecule has 150 valence electrons. The molecule has 1 heterocycles. The number of hydrogen-bond acceptors (Lipinski definition) is 5. The quantitative estimate of drug-likeness (QED) is 0.792. The monoisotopic (exact) mass is 396 g/mol. The summed E-state index contributed by atoms with van der Waals surface area (Å²) in [5, 5.41) is 2.52. The minimum atomic E-state index is -3.72. The molecule has 0 spiro atoms. The number of hydrogen-bond donors (Lipinski definition) is 1. The summed E-state index contributed by atoms with van der Waals surface area (Å²) >= 11 is 0. The van der Waals surface area contributed by atoms with E-state index in [9.17, 15) is 13.2 Å². The van der Waals surface area contributed by atoms with Crippen LogP contribution in [0.4, 0.5) is 0 Å². The van der Waals surface area contributed by atoms with Crippen molar-refractivity contribution >= 4 is 15.9 Å². The molecule has 1 N–H and O–H groups in total. The van der Waals surface area contributed by atoms with Gasteiger partial charge in [0.15, 0.2) is 0 Å². The van der Waals surface area contributed by atoms with Crippen LogP contribution in [0, 0.1) is 16.7 Å². The van der Waals surface area contributed by atoms with Gasteiger partial charge < -0.3 is 14.8 Å². The van der Waals surface area contributed by atoms with Crippen LogP contribution in [0.15, 0.2) is 23.1 Å². The van der Waals surface area contributed by atoms with Gasteiger partial charge in [0.05, 0.1) is 24.2 Å². The summed E-state index contributed by atoms with van der Waals surface area (Å²) in [6, 6.07) is 4.41. The first-order valence-corrected chi connectivity index (χ1v) is 10.4. The van der Waals surface area contributed by atoms with Crippen molar-refractivity contribution in [2.75, 3.05) is 41.0 Å². The number of fused-ring (bicyclic) bond motifs is 1. The molecule has 1 aromatic carbocycles. The number of ether oxygens (including phenoxy) is 2. The van der Waals surface area contributed by atoms with Crippen LogP contribution in [0.5, 0.6) is 5.75 Å². The molecule has 1 saturated heterocycles. The van der Waals surface area contributed by atoms with Gasteiger partial charge in [-0.2, -0.15) is 4.31 Å². The number of rotatable bonds is 6. The van der Waals surface area contributed by atoms with Gasteiger partial charge in [-0.15, -0.1) is 0 Å². The highest BCUT2D eigenvalue weighted by Crippen LogP contribution is 2.63. The Kier molecular flexibility index (Phi) is 5.03. The van der Waals surface area contributed by atoms with E-state index in [4.69, 9.17) is 9.47 Å². The number of amides is 1. The Hall–Kier alpha value is -1.64. The molecule has 1 aliphatic heterocycles. The summed E-state index contributed by atoms with van der Waals surface area (Å²) in [6.07, 6.45) is 0.941. The highest BCUT2D eigenvalue weighted by molar-refractivity contribution is 7.89. The van der Waals surface area contributed by atoms with Gasteiger partial charge in [-0.05, 0) is 36.0 Å². The molecule has 2 fully saturated rings. The third kappa shape index (κ3) is 3.13. The molecule has 0 aromatic heterocycles. The number of sulfonamides is 1. The van der Waals surface area contributed by atoms with Crippen LogP contribution in [0.25, 0.3) is 0 Å². The second-order valence-corrected chi connectivity index (χ2v) is 10.2. The predicted molar refractivity (Wildman–Crippen MR) is 101 cm³/mol. The predicted octanol–water partition coefficient (Wildman–Crippen LogP) is 1.74. The first-order valence-electron chi connectivity index (χ1n) is 9.00. The molecule has 1 amide bonds. The van der Waals surface area contributed by atoms with E-state index in [1.807, 2.05) is 0 Å². The Bertz CT molecular complexity index is 852. The number of nitrogens with zero attached hydrogens (tertiary/aromatic N) is 1. The molecule has 3 rings (SSSR count). The molecular weight excluding hydrogens is 368 g/mol. The lowest BCUT2D eigenvalue weighted by molar-refractivity contribution is -0.106. The number of carbonyl (C=O) groups is 1. The second kappa shape index (κ2) is 6.76. The molecular formula is C19H28N2O5S. The van der Waals surface area contributed by atoms with Crippen LogP contribution >= 0.6 is 0 Å². The Labute approximate surface area is 161 Å². The van der Waals surface area contributed by atoms with Crippen molar-refractivity contribution in [1.82, 2.24) is 9.62 Å². The minimum Gasteiger partial charge on any atom is -0.496 e. The summed E-state index contributed by atoms with van der Waals surface area (Å²) in [5.41, 5.74) is 0.173. The van der Waals surface area contributed by atoms with E-state index in [0.717, 1.165) is 6.42 Å². The number of carbonyl (C=O) groups excluding carboxylic acids is 1. The lowest BCUT2D eigenvalue weighted by Gasteiger charge is -2.56. The molecule has 1 aromatic rings. The van der Waals surface area contributed by atoms with Gasteiger partial charge in [0.25, 0.3) is 5.91 Å². The summed E-state index contributed by atoms with van der Waals surface area (Å²) in [7, 11) is 0.889. The molecule has 7 nitrogen and oxygen atoms in total. The maximum Gasteiger partial charge on any atom is 0.254 e. The fraction of sp³-hybridized carbons (Fsp3) is 0.632. The third-order valence-corrected chi connectivity index (χ3v) is 7.89. The van der Waals surface area contributed by atoms with Crippen molar-refractivity contribution in [1.29, 1.82) is 0 Å². The van der Waals surface area contributed by atoms with Crippen molar-refractivity contribution in [3.05, 3.63) is 23.8 Å². The molecule has 2 atom stereocenters. The third-order valence-electron chi connectivity index (χ3n) is 6.08. The first kappa shape index (κ1) is 20.1. The van der Waals surface area contributed by atoms with Crippen LogP contribution in [0.1, 0.15) is 30.6 Å². The lowest BCUT2D eigenvalue weighted by atomic mass is 9.48. The van der Waals surface area contributed by atoms with E-state index in [2.05, 4.69) is 19.2 Å². The van der Waals surface area contributed by atoms with Gasteiger partial charge in [0.1, 0.15) is 5.75 Å². The normalized spacial score (nSPS) is 26.9. The first-order chi connectivity index (χ1) is 12.6. The fourth-order valence-corrected chi connectivity index (χ4v) is 6.63. The van der Waals surface area contributed by atoms with E-state index in [0.29, 0.717) is 25.4 Å². The van der Waals surface area contributed by atoms with Gasteiger partial charge in [0.2, 0.25) is 10.0 Å². The standard InChI is InChI=1S/C19H28N2O5S/c1-18(2)10-19(12-25-4)11-21(9-16(18)19)27(23,24)13-6-7-15(26-5)14(8-13)17(22)20-3/h6-8,16H,9-12H2,1-5H3,(H,20,22)/t16-,19-/m1/s1. The fourth-order valence-electron chi connectivity index (χ4n) is 5.05. The van der Waals surface area contributed by atoms with E-state index < -0.39 is 10.0 Å². The Morgan fingerprint density at radius 3 is 2.59 bits per heavy atom. The molecule has 1 saturated carbocycles. The van der Waals surface area contributed by atoms with E-state index in [-0.39, 0.29) is 33.1 Å². The van der Waals surface area contributed by atoms with Crippen molar-refractivity contribution in [3.63, 3.8) is 0 Å². The smallest absolute Gasteiger partial charge is 0.254 e. The average Bonchev–Trinajstić information content (AvgIpc) is 2.96.